The van der Waals surface area contributed by atoms with E-state index in [2.05, 4.69) is 51.8 Å². The molecule has 1 heterocycles. The van der Waals surface area contributed by atoms with Gasteiger partial charge in [-0.25, -0.2) is 0 Å². The molecule has 1 aliphatic rings. The molecular weight excluding hydrogens is 262 g/mol. The van der Waals surface area contributed by atoms with Crippen molar-refractivity contribution in [1.82, 2.24) is 5.06 Å². The number of rotatable bonds is 3. The fourth-order valence-corrected chi connectivity index (χ4v) is 3.24. The first-order chi connectivity index (χ1) is 9.72. The lowest BCUT2D eigenvalue weighted by Gasteiger charge is -2.46. The van der Waals surface area contributed by atoms with E-state index in [1.807, 2.05) is 18.2 Å². The lowest BCUT2D eigenvalue weighted by Crippen LogP contribution is -2.54. The molecule has 0 radical (unpaired) electrons. The lowest BCUT2D eigenvalue weighted by molar-refractivity contribution is -0.288. The van der Waals surface area contributed by atoms with Crippen molar-refractivity contribution in [1.29, 1.82) is 0 Å². The van der Waals surface area contributed by atoms with E-state index in [4.69, 9.17) is 4.84 Å². The molecule has 21 heavy (non-hydrogen) atoms. The number of hydrogen-bond donors (Lipinski definition) is 0. The molecule has 1 saturated heterocycles. The average molecular weight is 289 g/mol. The Kier molecular flexibility index (Phi) is 4.54. The van der Waals surface area contributed by atoms with Gasteiger partial charge in [0.1, 0.15) is 11.9 Å². The van der Waals surface area contributed by atoms with E-state index in [1.165, 1.54) is 0 Å². The molecule has 0 amide bonds. The molecule has 1 aromatic carbocycles. The molecule has 1 fully saturated rings. The summed E-state index contributed by atoms with van der Waals surface area (Å²) >= 11 is 0. The van der Waals surface area contributed by atoms with Crippen molar-refractivity contribution >= 4 is 5.78 Å². The highest BCUT2D eigenvalue weighted by atomic mass is 16.7. The van der Waals surface area contributed by atoms with Crippen LogP contribution in [0.25, 0.3) is 0 Å². The lowest BCUT2D eigenvalue weighted by atomic mass is 9.95. The number of hydrogen-bond acceptors (Lipinski definition) is 3. The van der Waals surface area contributed by atoms with Crippen molar-refractivity contribution in [2.45, 2.75) is 71.1 Å². The van der Waals surface area contributed by atoms with Crippen LogP contribution in [0.15, 0.2) is 30.3 Å². The monoisotopic (exact) mass is 289 g/mol. The number of carbonyl (C=O) groups excluding carboxylic acids is 1. The van der Waals surface area contributed by atoms with Crippen LogP contribution < -0.4 is 0 Å². The zero-order chi connectivity index (χ0) is 15.7. The predicted molar refractivity (Wildman–Crippen MR) is 84.8 cm³/mol. The van der Waals surface area contributed by atoms with Gasteiger partial charge in [-0.15, -0.1) is 0 Å². The number of ketones is 1. The van der Waals surface area contributed by atoms with Crippen LogP contribution in [0, 0.1) is 0 Å². The fraction of sp³-hybridized carbons (Fsp3) is 0.611. The number of Topliss-reactive ketones (excluding diaryl/α,β-unsaturated/α-hetero) is 1. The Morgan fingerprint density at radius 3 is 2.33 bits per heavy atom. The second-order valence-corrected chi connectivity index (χ2v) is 7.29. The highest BCUT2D eigenvalue weighted by Crippen LogP contribution is 2.38. The van der Waals surface area contributed by atoms with Crippen LogP contribution in [0.4, 0.5) is 0 Å². The Balaban J connectivity index is 2.24. The third-order valence-electron chi connectivity index (χ3n) is 4.28. The first-order valence-electron chi connectivity index (χ1n) is 7.76. The summed E-state index contributed by atoms with van der Waals surface area (Å²) in [6.07, 6.45) is 1.98. The number of nitrogens with zero attached hydrogens (tertiary/aromatic N) is 1. The van der Waals surface area contributed by atoms with Crippen molar-refractivity contribution in [2.24, 2.45) is 0 Å². The Morgan fingerprint density at radius 1 is 1.10 bits per heavy atom. The van der Waals surface area contributed by atoms with E-state index in [0.717, 1.165) is 12.0 Å². The smallest absolute Gasteiger partial charge is 0.134 e. The molecule has 0 N–H and O–H groups in total. The fourth-order valence-electron chi connectivity index (χ4n) is 3.24. The zero-order valence-electron chi connectivity index (χ0n) is 13.8. The van der Waals surface area contributed by atoms with E-state index >= 15 is 0 Å². The maximum absolute atomic E-state index is 12.0. The summed E-state index contributed by atoms with van der Waals surface area (Å²) in [5, 5.41) is 2.06. The van der Waals surface area contributed by atoms with E-state index in [-0.39, 0.29) is 17.2 Å². The van der Waals surface area contributed by atoms with Crippen molar-refractivity contribution in [2.75, 3.05) is 0 Å². The van der Waals surface area contributed by atoms with E-state index in [1.54, 1.807) is 0 Å². The second kappa shape index (κ2) is 5.90. The molecule has 116 valence electrons. The minimum atomic E-state index is -0.292. The van der Waals surface area contributed by atoms with Gasteiger partial charge in [0.25, 0.3) is 0 Å². The Labute approximate surface area is 128 Å². The summed E-state index contributed by atoms with van der Waals surface area (Å²) in [4.78, 5) is 18.3. The first-order valence-corrected chi connectivity index (χ1v) is 7.76. The van der Waals surface area contributed by atoms with Crippen molar-refractivity contribution in [3.63, 3.8) is 0 Å². The normalized spacial score (nSPS) is 23.6. The standard InChI is InChI=1S/C18H27NO2/c1-14(15-9-7-6-8-10-15)21-19-17(2,3)12-11-16(20)13-18(19,4)5/h6-10,14H,11-13H2,1-5H3. The zero-order valence-corrected chi connectivity index (χ0v) is 13.8. The van der Waals surface area contributed by atoms with Gasteiger partial charge >= 0.3 is 0 Å². The first kappa shape index (κ1) is 16.2. The maximum Gasteiger partial charge on any atom is 0.134 e. The van der Waals surface area contributed by atoms with Crippen molar-refractivity contribution in [3.8, 4) is 0 Å². The van der Waals surface area contributed by atoms with Crippen LogP contribution in [-0.2, 0) is 9.63 Å². The van der Waals surface area contributed by atoms with Gasteiger partial charge in [-0.1, -0.05) is 30.3 Å². The van der Waals surface area contributed by atoms with Crippen molar-refractivity contribution < 1.29 is 9.63 Å². The summed E-state index contributed by atoms with van der Waals surface area (Å²) < 4.78 is 0. The van der Waals surface area contributed by atoms with Crippen LogP contribution in [0.5, 0.6) is 0 Å². The topological polar surface area (TPSA) is 29.5 Å². The van der Waals surface area contributed by atoms with Crippen LogP contribution in [0.2, 0.25) is 0 Å². The number of benzene rings is 1. The third kappa shape index (κ3) is 3.72. The van der Waals surface area contributed by atoms with E-state index in [9.17, 15) is 4.79 Å². The van der Waals surface area contributed by atoms with Gasteiger partial charge < -0.3 is 0 Å². The van der Waals surface area contributed by atoms with Gasteiger partial charge in [0.2, 0.25) is 0 Å². The molecule has 0 spiro atoms. The molecule has 1 atom stereocenters. The highest BCUT2D eigenvalue weighted by molar-refractivity contribution is 5.80. The van der Waals surface area contributed by atoms with E-state index in [0.29, 0.717) is 18.6 Å². The summed E-state index contributed by atoms with van der Waals surface area (Å²) in [6, 6.07) is 10.2. The summed E-state index contributed by atoms with van der Waals surface area (Å²) in [6.45, 7) is 10.6. The van der Waals surface area contributed by atoms with E-state index < -0.39 is 0 Å². The quantitative estimate of drug-likeness (QED) is 0.831. The highest BCUT2D eigenvalue weighted by Gasteiger charge is 2.43. The molecule has 1 aromatic rings. The van der Waals surface area contributed by atoms with Gasteiger partial charge in [0, 0.05) is 23.9 Å². The summed E-state index contributed by atoms with van der Waals surface area (Å²) in [7, 11) is 0. The molecule has 0 bridgehead atoms. The Morgan fingerprint density at radius 2 is 1.71 bits per heavy atom. The minimum absolute atomic E-state index is 0.0297. The second-order valence-electron chi connectivity index (χ2n) is 7.29. The predicted octanol–water partition coefficient (Wildman–Crippen LogP) is 4.29. The molecule has 2 rings (SSSR count). The molecule has 0 saturated carbocycles. The molecule has 1 unspecified atom stereocenters. The molecule has 1 aliphatic heterocycles. The Hall–Kier alpha value is -1.19. The molecular formula is C18H27NO2. The van der Waals surface area contributed by atoms with Crippen LogP contribution >= 0.6 is 0 Å². The van der Waals surface area contributed by atoms with Crippen molar-refractivity contribution in [3.05, 3.63) is 35.9 Å². The largest absolute Gasteiger partial charge is 0.300 e. The Bertz CT molecular complexity index is 493. The average Bonchev–Trinajstić information content (AvgIpc) is 2.49. The molecule has 3 heteroatoms. The molecule has 0 aliphatic carbocycles. The summed E-state index contributed by atoms with van der Waals surface area (Å²) in [5.41, 5.74) is 0.707. The van der Waals surface area contributed by atoms with Gasteiger partial charge in [-0.2, -0.15) is 5.06 Å². The third-order valence-corrected chi connectivity index (χ3v) is 4.28. The van der Waals surface area contributed by atoms with Gasteiger partial charge in [0.15, 0.2) is 0 Å². The maximum atomic E-state index is 12.0. The van der Waals surface area contributed by atoms with Gasteiger partial charge in [-0.3, -0.25) is 9.63 Å². The molecule has 0 aromatic heterocycles. The summed E-state index contributed by atoms with van der Waals surface area (Å²) in [5.74, 6) is 0.325. The van der Waals surface area contributed by atoms with Gasteiger partial charge in [-0.05, 0) is 46.6 Å². The molecule has 3 nitrogen and oxygen atoms in total. The van der Waals surface area contributed by atoms with Gasteiger partial charge in [0.05, 0.1) is 0 Å². The van der Waals surface area contributed by atoms with Crippen LogP contribution in [0.3, 0.4) is 0 Å². The van der Waals surface area contributed by atoms with Crippen LogP contribution in [0.1, 0.15) is 65.5 Å². The van der Waals surface area contributed by atoms with Crippen LogP contribution in [-0.4, -0.2) is 21.9 Å². The number of carbonyl (C=O) groups is 1. The SMILES string of the molecule is CC(ON1C(C)(C)CCC(=O)CC1(C)C)c1ccccc1. The number of hydroxylamine groups is 2. The minimum Gasteiger partial charge on any atom is -0.300 e.